The third-order valence-electron chi connectivity index (χ3n) is 3.70. The van der Waals surface area contributed by atoms with Crippen LogP contribution in [0, 0.1) is 6.92 Å². The first-order chi connectivity index (χ1) is 11.2. The third kappa shape index (κ3) is 6.15. The van der Waals surface area contributed by atoms with Crippen molar-refractivity contribution in [2.24, 2.45) is 4.99 Å². The molecule has 6 heteroatoms. The Kier molecular flexibility index (Phi) is 7.29. The number of nitrogens with one attached hydrogen (secondary N) is 2. The summed E-state index contributed by atoms with van der Waals surface area (Å²) in [6, 6.07) is 4.18. The first-order valence-corrected chi connectivity index (χ1v) is 8.33. The number of guanidine groups is 1. The van der Waals surface area contributed by atoms with Crippen molar-refractivity contribution in [2.45, 2.75) is 45.9 Å². The van der Waals surface area contributed by atoms with Crippen LogP contribution in [0.25, 0.3) is 0 Å². The van der Waals surface area contributed by atoms with Crippen molar-refractivity contribution in [1.82, 2.24) is 15.6 Å². The molecule has 1 aliphatic rings. The number of ether oxygens (including phenoxy) is 2. The van der Waals surface area contributed by atoms with Crippen molar-refractivity contribution in [3.05, 3.63) is 29.6 Å². The Morgan fingerprint density at radius 3 is 3.13 bits per heavy atom. The van der Waals surface area contributed by atoms with Gasteiger partial charge in [0.1, 0.15) is 0 Å². The first-order valence-electron chi connectivity index (χ1n) is 8.33. The fourth-order valence-corrected chi connectivity index (χ4v) is 2.36. The average molecular weight is 320 g/mol. The highest BCUT2D eigenvalue weighted by atomic mass is 16.5. The number of aryl methyl sites for hydroxylation is 1. The van der Waals surface area contributed by atoms with Gasteiger partial charge >= 0.3 is 0 Å². The zero-order valence-electron chi connectivity index (χ0n) is 14.3. The lowest BCUT2D eigenvalue weighted by molar-refractivity contribution is 0.0347. The lowest BCUT2D eigenvalue weighted by atomic mass is 10.2. The minimum Gasteiger partial charge on any atom is -0.379 e. The summed E-state index contributed by atoms with van der Waals surface area (Å²) >= 11 is 0. The van der Waals surface area contributed by atoms with Gasteiger partial charge in [-0.25, -0.2) is 4.99 Å². The van der Waals surface area contributed by atoms with Crippen molar-refractivity contribution in [3.63, 3.8) is 0 Å². The summed E-state index contributed by atoms with van der Waals surface area (Å²) in [6.07, 6.45) is 3.02. The van der Waals surface area contributed by atoms with Crippen LogP contribution in [-0.2, 0) is 16.0 Å². The lowest BCUT2D eigenvalue weighted by Gasteiger charge is -2.19. The molecule has 0 saturated carbocycles. The maximum absolute atomic E-state index is 5.84. The van der Waals surface area contributed by atoms with Gasteiger partial charge in [-0.15, -0.1) is 0 Å². The van der Waals surface area contributed by atoms with Gasteiger partial charge in [0.25, 0.3) is 0 Å². The van der Waals surface area contributed by atoms with Crippen LogP contribution >= 0.6 is 0 Å². The van der Waals surface area contributed by atoms with Crippen LogP contribution in [0.15, 0.2) is 23.3 Å². The highest BCUT2D eigenvalue weighted by molar-refractivity contribution is 5.80. The maximum atomic E-state index is 5.84. The Balaban J connectivity index is 1.84. The fraction of sp³-hybridized carbons (Fsp3) is 0.647. The maximum Gasteiger partial charge on any atom is 0.191 e. The second-order valence-electron chi connectivity index (χ2n) is 5.83. The Hall–Kier alpha value is -1.66. The smallest absolute Gasteiger partial charge is 0.191 e. The molecule has 0 amide bonds. The quantitative estimate of drug-likeness (QED) is 0.590. The number of aromatic nitrogens is 1. The fourth-order valence-electron chi connectivity index (χ4n) is 2.36. The standard InChI is InChI=1S/C17H28N4O2/c1-4-18-17(20-10-16-13(2)6-5-8-19-16)21-14(3)11-23-15-7-9-22-12-15/h5-6,8,14-15H,4,7,9-12H2,1-3H3,(H2,18,20,21). The van der Waals surface area contributed by atoms with Gasteiger partial charge in [0.2, 0.25) is 0 Å². The monoisotopic (exact) mass is 320 g/mol. The van der Waals surface area contributed by atoms with Crippen LogP contribution in [-0.4, -0.2) is 49.5 Å². The Bertz CT molecular complexity index is 501. The zero-order valence-corrected chi connectivity index (χ0v) is 14.3. The molecule has 2 N–H and O–H groups in total. The van der Waals surface area contributed by atoms with Crippen LogP contribution in [0.3, 0.4) is 0 Å². The average Bonchev–Trinajstić information content (AvgIpc) is 3.05. The molecular weight excluding hydrogens is 292 g/mol. The van der Waals surface area contributed by atoms with Gasteiger partial charge in [-0.3, -0.25) is 4.98 Å². The number of rotatable bonds is 7. The molecule has 1 saturated heterocycles. The SMILES string of the molecule is CCNC(=NCc1ncccc1C)NC(C)COC1CCOC1. The normalized spacial score (nSPS) is 19.6. The van der Waals surface area contributed by atoms with Gasteiger partial charge in [0.15, 0.2) is 5.96 Å². The lowest BCUT2D eigenvalue weighted by Crippen LogP contribution is -2.44. The molecule has 2 atom stereocenters. The zero-order chi connectivity index (χ0) is 16.5. The predicted molar refractivity (Wildman–Crippen MR) is 91.6 cm³/mol. The number of hydrogen-bond acceptors (Lipinski definition) is 4. The second kappa shape index (κ2) is 9.47. The summed E-state index contributed by atoms with van der Waals surface area (Å²) in [5.74, 6) is 0.788. The van der Waals surface area contributed by atoms with E-state index in [1.54, 1.807) is 6.20 Å². The second-order valence-corrected chi connectivity index (χ2v) is 5.83. The van der Waals surface area contributed by atoms with E-state index in [-0.39, 0.29) is 12.1 Å². The molecule has 0 bridgehead atoms. The summed E-state index contributed by atoms with van der Waals surface area (Å²) in [7, 11) is 0. The van der Waals surface area contributed by atoms with Gasteiger partial charge in [-0.05, 0) is 38.8 Å². The third-order valence-corrected chi connectivity index (χ3v) is 3.70. The van der Waals surface area contributed by atoms with Gasteiger partial charge < -0.3 is 20.1 Å². The van der Waals surface area contributed by atoms with E-state index in [2.05, 4.69) is 47.4 Å². The Labute approximate surface area is 138 Å². The topological polar surface area (TPSA) is 67.8 Å². The number of pyridine rings is 1. The molecule has 23 heavy (non-hydrogen) atoms. The van der Waals surface area contributed by atoms with Crippen LogP contribution in [0.5, 0.6) is 0 Å². The van der Waals surface area contributed by atoms with Crippen molar-refractivity contribution in [2.75, 3.05) is 26.4 Å². The molecule has 2 unspecified atom stereocenters. The highest BCUT2D eigenvalue weighted by Crippen LogP contribution is 2.08. The van der Waals surface area contributed by atoms with Crippen molar-refractivity contribution >= 4 is 5.96 Å². The van der Waals surface area contributed by atoms with E-state index in [0.717, 1.165) is 36.8 Å². The van der Waals surface area contributed by atoms with Gasteiger partial charge in [0.05, 0.1) is 31.6 Å². The summed E-state index contributed by atoms with van der Waals surface area (Å²) < 4.78 is 11.2. The van der Waals surface area contributed by atoms with E-state index in [1.165, 1.54) is 0 Å². The molecule has 1 aliphatic heterocycles. The van der Waals surface area contributed by atoms with E-state index in [1.807, 2.05) is 6.07 Å². The Morgan fingerprint density at radius 2 is 2.43 bits per heavy atom. The summed E-state index contributed by atoms with van der Waals surface area (Å²) in [5.41, 5.74) is 2.15. The van der Waals surface area contributed by atoms with Gasteiger partial charge in [-0.2, -0.15) is 0 Å². The van der Waals surface area contributed by atoms with E-state index >= 15 is 0 Å². The molecule has 2 heterocycles. The molecule has 0 aromatic carbocycles. The predicted octanol–water partition coefficient (Wildman–Crippen LogP) is 1.64. The van der Waals surface area contributed by atoms with E-state index < -0.39 is 0 Å². The van der Waals surface area contributed by atoms with Crippen LogP contribution in [0.4, 0.5) is 0 Å². The molecule has 1 aromatic rings. The minimum atomic E-state index is 0.179. The van der Waals surface area contributed by atoms with Crippen molar-refractivity contribution in [1.29, 1.82) is 0 Å². The summed E-state index contributed by atoms with van der Waals surface area (Å²) in [5, 5.41) is 6.64. The van der Waals surface area contributed by atoms with Crippen LogP contribution in [0.2, 0.25) is 0 Å². The number of hydrogen-bond donors (Lipinski definition) is 2. The van der Waals surface area contributed by atoms with Crippen molar-refractivity contribution in [3.8, 4) is 0 Å². The van der Waals surface area contributed by atoms with Crippen LogP contribution in [0.1, 0.15) is 31.5 Å². The first kappa shape index (κ1) is 17.7. The molecule has 2 rings (SSSR count). The van der Waals surface area contributed by atoms with Crippen molar-refractivity contribution < 1.29 is 9.47 Å². The molecule has 6 nitrogen and oxygen atoms in total. The van der Waals surface area contributed by atoms with E-state index in [4.69, 9.17) is 9.47 Å². The van der Waals surface area contributed by atoms with E-state index in [0.29, 0.717) is 19.8 Å². The van der Waals surface area contributed by atoms with Crippen LogP contribution < -0.4 is 10.6 Å². The molecule has 1 aromatic heterocycles. The Morgan fingerprint density at radius 1 is 1.57 bits per heavy atom. The summed E-state index contributed by atoms with van der Waals surface area (Å²) in [6.45, 7) is 9.73. The molecule has 0 aliphatic carbocycles. The molecule has 1 fully saturated rings. The molecule has 0 spiro atoms. The number of aliphatic imine (C=N–C) groups is 1. The van der Waals surface area contributed by atoms with E-state index in [9.17, 15) is 0 Å². The molecule has 0 radical (unpaired) electrons. The molecular formula is C17H28N4O2. The summed E-state index contributed by atoms with van der Waals surface area (Å²) in [4.78, 5) is 8.99. The van der Waals surface area contributed by atoms with Gasteiger partial charge in [0, 0.05) is 25.4 Å². The minimum absolute atomic E-state index is 0.179. The van der Waals surface area contributed by atoms with Gasteiger partial charge in [-0.1, -0.05) is 6.07 Å². The molecule has 128 valence electrons. The number of nitrogens with zero attached hydrogens (tertiary/aromatic N) is 2. The largest absolute Gasteiger partial charge is 0.379 e. The highest BCUT2D eigenvalue weighted by Gasteiger charge is 2.17.